The molecule has 0 N–H and O–H groups in total. The van der Waals surface area contributed by atoms with Gasteiger partial charge >= 0.3 is 0 Å². The summed E-state index contributed by atoms with van der Waals surface area (Å²) in [7, 11) is 0. The molecular weight excluding hydrogens is 1430 g/mol. The van der Waals surface area contributed by atoms with Gasteiger partial charge in [0.05, 0.1) is 12.1 Å². The summed E-state index contributed by atoms with van der Waals surface area (Å²) in [6.07, 6.45) is 0. The molecule has 16 heteroatoms. The molecule has 21 aromatic rings. The molecule has 0 saturated carbocycles. The molecule has 21 rings (SSSR count). The van der Waals surface area contributed by atoms with Gasteiger partial charge in [0, 0.05) is 112 Å². The molecule has 7 heterocycles. The first-order valence-corrected chi connectivity index (χ1v) is 38.3. The minimum atomic E-state index is 0.544. The predicted octanol–water partition coefficient (Wildman–Crippen LogP) is 25.0. The first-order chi connectivity index (χ1) is 55.9. The second-order valence-corrected chi connectivity index (χ2v) is 28.9. The van der Waals surface area contributed by atoms with Crippen molar-refractivity contribution in [1.82, 2.24) is 59.8 Å². The summed E-state index contributed by atoms with van der Waals surface area (Å²) in [5, 5.41) is 6.33. The zero-order valence-electron chi connectivity index (χ0n) is 59.9. The Morgan fingerprint density at radius 1 is 0.212 bits per heavy atom. The van der Waals surface area contributed by atoms with Crippen LogP contribution in [0.3, 0.4) is 0 Å². The van der Waals surface area contributed by atoms with Crippen LogP contribution < -0.4 is 0 Å². The van der Waals surface area contributed by atoms with Crippen molar-refractivity contribution in [2.45, 2.75) is 0 Å². The van der Waals surface area contributed by atoms with Crippen LogP contribution in [0.5, 0.6) is 0 Å². The van der Waals surface area contributed by atoms with E-state index in [1.807, 2.05) is 261 Å². The van der Waals surface area contributed by atoms with Crippen molar-refractivity contribution in [2.75, 3.05) is 0 Å². The van der Waals surface area contributed by atoms with Gasteiger partial charge in [-0.2, -0.15) is 0 Å². The second-order valence-electron chi connectivity index (χ2n) is 26.8. The van der Waals surface area contributed by atoms with Crippen molar-refractivity contribution < 1.29 is 4.42 Å². The normalized spacial score (nSPS) is 11.4. The van der Waals surface area contributed by atoms with Gasteiger partial charge in [-0.25, -0.2) is 64.7 Å². The predicted molar refractivity (Wildman–Crippen MR) is 456 cm³/mol. The molecule has 528 valence electrons. The maximum Gasteiger partial charge on any atom is 0.194 e. The highest BCUT2D eigenvalue weighted by Gasteiger charge is 2.25. The molecule has 14 aromatic carbocycles. The minimum absolute atomic E-state index is 0.544. The number of hydrogen-bond acceptors (Lipinski definition) is 15. The smallest absolute Gasteiger partial charge is 0.194 e. The number of thiophene rings is 2. The van der Waals surface area contributed by atoms with Crippen LogP contribution >= 0.6 is 22.7 Å². The van der Waals surface area contributed by atoms with E-state index in [4.69, 9.17) is 70.8 Å². The number of para-hydroxylation sites is 3. The summed E-state index contributed by atoms with van der Waals surface area (Å²) >= 11 is 3.42. The Kier molecular flexibility index (Phi) is 17.3. The third-order valence-corrected chi connectivity index (χ3v) is 22.3. The Labute approximate surface area is 655 Å². The van der Waals surface area contributed by atoms with Crippen LogP contribution in [0.15, 0.2) is 350 Å². The maximum absolute atomic E-state index is 7.64. The number of rotatable bonds is 13. The van der Waals surface area contributed by atoms with Crippen LogP contribution in [0.4, 0.5) is 5.69 Å². The van der Waals surface area contributed by atoms with Gasteiger partial charge < -0.3 is 4.42 Å². The number of aromatic nitrogens is 12. The van der Waals surface area contributed by atoms with E-state index in [1.54, 1.807) is 22.7 Å². The Hall–Kier alpha value is -15.2. The van der Waals surface area contributed by atoms with Gasteiger partial charge in [-0.05, 0) is 47.5 Å². The molecule has 0 aliphatic rings. The van der Waals surface area contributed by atoms with Crippen molar-refractivity contribution in [2.24, 2.45) is 0 Å². The zero-order chi connectivity index (χ0) is 75.1. The Balaban J connectivity index is 0.000000147. The topological polar surface area (TPSA) is 172 Å². The molecule has 0 fully saturated rings. The van der Waals surface area contributed by atoms with E-state index in [2.05, 4.69) is 89.8 Å². The summed E-state index contributed by atoms with van der Waals surface area (Å²) in [4.78, 5) is 64.5. The molecule has 0 amide bonds. The SMILES string of the molecule is [C-]#[N+]c1ccccc1-c1ccc(-c2nc(-c3ccccc3)nc(-c3cccc4sc5c(-c6nc(-c7ccccc7)nc(-c7ccccc7)n6)cccc5c34)n2)cc1.c1ccc(-c2nc(-c3ccccc3)nc(-c3cccc4c3sc3cccc(-c5nc(-c6ccccc6)nc(-c6cccc7c6oc6ccccc67)n5)c34)n2)cc1. The number of nitrogens with zero attached hydrogens (tertiary/aromatic N) is 13. The quantitative estimate of drug-likeness (QED) is 0.0999. The molecule has 14 nitrogen and oxygen atoms in total. The van der Waals surface area contributed by atoms with Crippen LogP contribution in [0, 0.1) is 6.57 Å². The van der Waals surface area contributed by atoms with Crippen molar-refractivity contribution in [1.29, 1.82) is 0 Å². The number of benzene rings is 14. The van der Waals surface area contributed by atoms with Crippen molar-refractivity contribution in [3.8, 4) is 148 Å². The van der Waals surface area contributed by atoms with Crippen LogP contribution in [-0.2, 0) is 0 Å². The third-order valence-electron chi connectivity index (χ3n) is 19.9. The van der Waals surface area contributed by atoms with Crippen LogP contribution in [0.1, 0.15) is 0 Å². The van der Waals surface area contributed by atoms with Crippen LogP contribution in [-0.4, -0.2) is 59.8 Å². The van der Waals surface area contributed by atoms with E-state index in [0.29, 0.717) is 75.6 Å². The van der Waals surface area contributed by atoms with E-state index >= 15 is 0 Å². The van der Waals surface area contributed by atoms with Crippen molar-refractivity contribution >= 4 is 90.6 Å². The highest BCUT2D eigenvalue weighted by atomic mass is 32.1. The highest BCUT2D eigenvalue weighted by Crippen LogP contribution is 2.47. The van der Waals surface area contributed by atoms with E-state index in [-0.39, 0.29) is 0 Å². The van der Waals surface area contributed by atoms with Gasteiger partial charge in [0.25, 0.3) is 0 Å². The van der Waals surface area contributed by atoms with Crippen LogP contribution in [0.25, 0.3) is 215 Å². The van der Waals surface area contributed by atoms with Crippen molar-refractivity contribution in [3.63, 3.8) is 0 Å². The Bertz CT molecular complexity index is 7130. The Morgan fingerprint density at radius 3 is 0.894 bits per heavy atom. The average molecular weight is 1480 g/mol. The number of furan rings is 1. The lowest BCUT2D eigenvalue weighted by Crippen LogP contribution is -2.00. The van der Waals surface area contributed by atoms with E-state index in [0.717, 1.165) is 140 Å². The lowest BCUT2D eigenvalue weighted by atomic mass is 10.0. The summed E-state index contributed by atoms with van der Waals surface area (Å²) < 4.78 is 10.8. The number of fused-ring (bicyclic) bond motifs is 9. The van der Waals surface area contributed by atoms with Crippen LogP contribution in [0.2, 0.25) is 0 Å². The first kappa shape index (κ1) is 67.2. The fourth-order valence-electron chi connectivity index (χ4n) is 14.5. The van der Waals surface area contributed by atoms with Gasteiger partial charge in [-0.3, -0.25) is 0 Å². The lowest BCUT2D eigenvalue weighted by molar-refractivity contribution is 0.669. The molecule has 113 heavy (non-hydrogen) atoms. The average Bonchev–Trinajstić information content (AvgIpc) is 1.62. The van der Waals surface area contributed by atoms with E-state index in [1.165, 1.54) is 0 Å². The molecule has 0 unspecified atom stereocenters. The zero-order valence-corrected chi connectivity index (χ0v) is 61.6. The summed E-state index contributed by atoms with van der Waals surface area (Å²) in [5.74, 6) is 7.15. The molecule has 0 spiro atoms. The fraction of sp³-hybridized carbons (Fsp3) is 0. The lowest BCUT2D eigenvalue weighted by Gasteiger charge is -2.11. The maximum atomic E-state index is 7.64. The standard InChI is InChI=1S/C49H29N7S.C48H28N6OS/c1-50-40-25-12-11-21-36(40)31-27-29-35(30-28-31)47-52-44(32-15-5-2-6-16-32)53-48(54-47)38-23-14-26-41-42(38)37-22-13-24-39(43(37)57-41)49-55-45(33-17-7-3-8-18-33)51-46(56-49)34-19-9-4-10-20-34;1-4-15-29(16-5-1)43-49-44(30-17-6-2-7-18-30)53-48(52-43)37-26-13-23-34-40-35(24-14-28-39(40)56-42(34)37)46-50-45(31-19-8-3-9-20-31)51-47(54-46)36-25-12-22-33-32-21-10-11-27-38(32)55-41(33)36/h2-30H;1-28H. The molecule has 7 aromatic heterocycles. The molecule has 0 radical (unpaired) electrons. The minimum Gasteiger partial charge on any atom is -0.455 e. The Morgan fingerprint density at radius 2 is 0.487 bits per heavy atom. The van der Waals surface area contributed by atoms with Gasteiger partial charge in [-0.15, -0.1) is 22.7 Å². The molecular formula is C97H57N13OS2. The third kappa shape index (κ3) is 12.8. The van der Waals surface area contributed by atoms with Crippen molar-refractivity contribution in [3.05, 3.63) is 357 Å². The molecule has 0 aliphatic carbocycles. The highest BCUT2D eigenvalue weighted by molar-refractivity contribution is 7.27. The molecule has 0 atom stereocenters. The molecule has 0 saturated heterocycles. The van der Waals surface area contributed by atoms with E-state index < -0.39 is 0 Å². The summed E-state index contributed by atoms with van der Waals surface area (Å²) in [6, 6.07) is 115. The summed E-state index contributed by atoms with van der Waals surface area (Å²) in [6.45, 7) is 7.64. The van der Waals surface area contributed by atoms with Gasteiger partial charge in [0.1, 0.15) is 11.2 Å². The largest absolute Gasteiger partial charge is 0.455 e. The fourth-order valence-corrected chi connectivity index (χ4v) is 17.0. The number of hydrogen-bond donors (Lipinski definition) is 0. The van der Waals surface area contributed by atoms with Gasteiger partial charge in [0.2, 0.25) is 0 Å². The first-order valence-electron chi connectivity index (χ1n) is 36.7. The molecule has 0 aliphatic heterocycles. The summed E-state index contributed by atoms with van der Waals surface area (Å²) in [5.41, 5.74) is 14.9. The van der Waals surface area contributed by atoms with Gasteiger partial charge in [0.15, 0.2) is 75.6 Å². The monoisotopic (exact) mass is 1480 g/mol. The van der Waals surface area contributed by atoms with E-state index in [9.17, 15) is 0 Å². The van der Waals surface area contributed by atoms with Gasteiger partial charge in [-0.1, -0.05) is 309 Å². The molecule has 0 bridgehead atoms. The second kappa shape index (κ2) is 29.1.